The average molecular weight is 283 g/mol. The summed E-state index contributed by atoms with van der Waals surface area (Å²) in [5.74, 6) is 0.595. The molecule has 2 aromatic carbocycles. The van der Waals surface area contributed by atoms with Crippen LogP contribution in [0, 0.1) is 28.4 Å². The van der Waals surface area contributed by atoms with Gasteiger partial charge >= 0.3 is 0 Å². The lowest BCUT2D eigenvalue weighted by Crippen LogP contribution is -1.97. The number of benzene rings is 2. The van der Waals surface area contributed by atoms with Crippen molar-refractivity contribution in [3.05, 3.63) is 57.6 Å². The molecule has 0 heterocycles. The Bertz CT molecular complexity index is 735. The van der Waals surface area contributed by atoms with Crippen molar-refractivity contribution in [1.82, 2.24) is 0 Å². The fourth-order valence-electron chi connectivity index (χ4n) is 1.89. The molecule has 0 radical (unpaired) electrons. The van der Waals surface area contributed by atoms with Crippen molar-refractivity contribution in [3.63, 3.8) is 0 Å². The molecule has 0 fully saturated rings. The van der Waals surface area contributed by atoms with Crippen LogP contribution in [0.25, 0.3) is 0 Å². The quantitative estimate of drug-likeness (QED) is 0.685. The molecule has 6 heteroatoms. The molecule has 0 bridgehead atoms. The highest BCUT2D eigenvalue weighted by Gasteiger charge is 2.12. The van der Waals surface area contributed by atoms with E-state index in [2.05, 4.69) is 11.4 Å². The molecule has 0 spiro atoms. The van der Waals surface area contributed by atoms with E-state index in [9.17, 15) is 10.1 Å². The lowest BCUT2D eigenvalue weighted by atomic mass is 10.1. The van der Waals surface area contributed by atoms with Crippen molar-refractivity contribution in [2.45, 2.75) is 6.92 Å². The largest absolute Gasteiger partial charge is 0.497 e. The lowest BCUT2D eigenvalue weighted by Gasteiger charge is -2.10. The van der Waals surface area contributed by atoms with Gasteiger partial charge in [0.15, 0.2) is 0 Å². The van der Waals surface area contributed by atoms with E-state index in [1.807, 2.05) is 0 Å². The molecule has 2 aromatic rings. The predicted octanol–water partition coefficient (Wildman–Crippen LogP) is 3.53. The number of hydrogen-bond acceptors (Lipinski definition) is 5. The summed E-state index contributed by atoms with van der Waals surface area (Å²) in [6.07, 6.45) is 0. The zero-order valence-electron chi connectivity index (χ0n) is 11.6. The fourth-order valence-corrected chi connectivity index (χ4v) is 1.89. The predicted molar refractivity (Wildman–Crippen MR) is 78.8 cm³/mol. The Labute approximate surface area is 121 Å². The first-order valence-electron chi connectivity index (χ1n) is 6.15. The number of nitriles is 1. The van der Waals surface area contributed by atoms with Crippen molar-refractivity contribution in [2.24, 2.45) is 0 Å². The van der Waals surface area contributed by atoms with Crippen LogP contribution in [0.15, 0.2) is 36.4 Å². The molecule has 0 aliphatic heterocycles. The van der Waals surface area contributed by atoms with Crippen LogP contribution < -0.4 is 10.1 Å². The topological polar surface area (TPSA) is 88.2 Å². The molecule has 0 saturated heterocycles. The zero-order chi connectivity index (χ0) is 15.4. The summed E-state index contributed by atoms with van der Waals surface area (Å²) in [5, 5.41) is 23.1. The third-order valence-corrected chi connectivity index (χ3v) is 3.03. The number of nitro benzene ring substituents is 1. The van der Waals surface area contributed by atoms with Crippen molar-refractivity contribution in [3.8, 4) is 11.8 Å². The number of hydrogen-bond donors (Lipinski definition) is 1. The molecule has 21 heavy (non-hydrogen) atoms. The average Bonchev–Trinajstić information content (AvgIpc) is 2.48. The van der Waals surface area contributed by atoms with Crippen LogP contribution in [0.5, 0.6) is 5.75 Å². The Hall–Kier alpha value is -3.07. The lowest BCUT2D eigenvalue weighted by molar-refractivity contribution is -0.385. The van der Waals surface area contributed by atoms with Gasteiger partial charge in [-0.15, -0.1) is 0 Å². The van der Waals surface area contributed by atoms with Crippen LogP contribution in [-0.4, -0.2) is 12.0 Å². The van der Waals surface area contributed by atoms with Crippen LogP contribution in [-0.2, 0) is 0 Å². The van der Waals surface area contributed by atoms with Crippen LogP contribution in [0.2, 0.25) is 0 Å². The molecular weight excluding hydrogens is 270 g/mol. The second kappa shape index (κ2) is 5.92. The smallest absolute Gasteiger partial charge is 0.274 e. The van der Waals surface area contributed by atoms with Crippen molar-refractivity contribution < 1.29 is 9.66 Å². The van der Waals surface area contributed by atoms with Gasteiger partial charge in [0.1, 0.15) is 11.8 Å². The Balaban J connectivity index is 2.40. The first-order valence-corrected chi connectivity index (χ1v) is 6.15. The van der Waals surface area contributed by atoms with Gasteiger partial charge in [0.25, 0.3) is 5.69 Å². The summed E-state index contributed by atoms with van der Waals surface area (Å²) >= 11 is 0. The number of nitrogens with zero attached hydrogens (tertiary/aromatic N) is 2. The number of ether oxygens (including phenoxy) is 1. The van der Waals surface area contributed by atoms with Gasteiger partial charge in [-0.05, 0) is 25.1 Å². The first kappa shape index (κ1) is 14.3. The van der Waals surface area contributed by atoms with Crippen LogP contribution in [0.1, 0.15) is 11.1 Å². The highest BCUT2D eigenvalue weighted by Crippen LogP contribution is 2.28. The molecule has 0 aliphatic rings. The fraction of sp³-hybridized carbons (Fsp3) is 0.133. The summed E-state index contributed by atoms with van der Waals surface area (Å²) in [4.78, 5) is 10.5. The molecular formula is C15H13N3O3. The number of rotatable bonds is 4. The van der Waals surface area contributed by atoms with Gasteiger partial charge in [-0.3, -0.25) is 10.1 Å². The van der Waals surface area contributed by atoms with Gasteiger partial charge in [0, 0.05) is 23.4 Å². The van der Waals surface area contributed by atoms with E-state index in [0.29, 0.717) is 28.3 Å². The highest BCUT2D eigenvalue weighted by molar-refractivity contribution is 5.70. The summed E-state index contributed by atoms with van der Waals surface area (Å²) in [6, 6.07) is 11.9. The molecule has 0 atom stereocenters. The Morgan fingerprint density at radius 2 is 2.05 bits per heavy atom. The third-order valence-electron chi connectivity index (χ3n) is 3.03. The maximum absolute atomic E-state index is 11.0. The van der Waals surface area contributed by atoms with Gasteiger partial charge in [-0.25, -0.2) is 0 Å². The normalized spacial score (nSPS) is 9.76. The molecule has 6 nitrogen and oxygen atoms in total. The minimum atomic E-state index is -0.433. The molecule has 0 unspecified atom stereocenters. The number of nitrogens with one attached hydrogen (secondary N) is 1. The Morgan fingerprint density at radius 1 is 1.29 bits per heavy atom. The van der Waals surface area contributed by atoms with E-state index in [1.54, 1.807) is 37.3 Å². The van der Waals surface area contributed by atoms with Gasteiger partial charge in [0.05, 0.1) is 23.3 Å². The minimum Gasteiger partial charge on any atom is -0.497 e. The van der Waals surface area contributed by atoms with Crippen molar-refractivity contribution in [1.29, 1.82) is 5.26 Å². The van der Waals surface area contributed by atoms with Gasteiger partial charge < -0.3 is 10.1 Å². The summed E-state index contributed by atoms with van der Waals surface area (Å²) in [5.41, 5.74) is 2.11. The van der Waals surface area contributed by atoms with Crippen LogP contribution in [0.4, 0.5) is 17.1 Å². The standard InChI is InChI=1S/C15H13N3O3/c1-10-3-5-12(7-15(10)18(19)20)17-14-8-13(21-2)6-4-11(14)9-16/h3-8,17H,1-2H3. The number of aryl methyl sites for hydroxylation is 1. The van der Waals surface area contributed by atoms with Gasteiger partial charge in [0.2, 0.25) is 0 Å². The molecule has 106 valence electrons. The zero-order valence-corrected chi connectivity index (χ0v) is 11.6. The summed E-state index contributed by atoms with van der Waals surface area (Å²) < 4.78 is 5.12. The molecule has 1 N–H and O–H groups in total. The van der Waals surface area contributed by atoms with Gasteiger partial charge in [-0.1, -0.05) is 6.07 Å². The number of methoxy groups -OCH3 is 1. The van der Waals surface area contributed by atoms with Gasteiger partial charge in [-0.2, -0.15) is 5.26 Å². The maximum atomic E-state index is 11.0. The van der Waals surface area contributed by atoms with E-state index in [0.717, 1.165) is 0 Å². The van der Waals surface area contributed by atoms with Crippen molar-refractivity contribution >= 4 is 17.1 Å². The van der Waals surface area contributed by atoms with E-state index in [1.165, 1.54) is 13.2 Å². The molecule has 0 aliphatic carbocycles. The van der Waals surface area contributed by atoms with Crippen molar-refractivity contribution in [2.75, 3.05) is 12.4 Å². The second-order valence-electron chi connectivity index (χ2n) is 4.41. The summed E-state index contributed by atoms with van der Waals surface area (Å²) in [7, 11) is 1.53. The molecule has 0 amide bonds. The number of anilines is 2. The van der Waals surface area contributed by atoms with E-state index < -0.39 is 4.92 Å². The van der Waals surface area contributed by atoms with E-state index in [-0.39, 0.29) is 5.69 Å². The molecule has 0 saturated carbocycles. The molecule has 2 rings (SSSR count). The Morgan fingerprint density at radius 3 is 2.67 bits per heavy atom. The van der Waals surface area contributed by atoms with E-state index in [4.69, 9.17) is 10.00 Å². The maximum Gasteiger partial charge on any atom is 0.274 e. The SMILES string of the molecule is COc1ccc(C#N)c(Nc2ccc(C)c([N+](=O)[O-])c2)c1. The van der Waals surface area contributed by atoms with E-state index >= 15 is 0 Å². The second-order valence-corrected chi connectivity index (χ2v) is 4.41. The van der Waals surface area contributed by atoms with Crippen LogP contribution >= 0.6 is 0 Å². The summed E-state index contributed by atoms with van der Waals surface area (Å²) in [6.45, 7) is 1.67. The minimum absolute atomic E-state index is 0.0291. The number of nitro groups is 1. The highest BCUT2D eigenvalue weighted by atomic mass is 16.6. The molecule has 0 aromatic heterocycles. The monoisotopic (exact) mass is 283 g/mol. The third kappa shape index (κ3) is 3.09. The van der Waals surface area contributed by atoms with Crippen LogP contribution in [0.3, 0.4) is 0 Å². The first-order chi connectivity index (χ1) is 10.0. The Kier molecular flexibility index (Phi) is 4.05.